The average molecular weight is 390 g/mol. The van der Waals surface area contributed by atoms with Gasteiger partial charge in [0.25, 0.3) is 0 Å². The third kappa shape index (κ3) is 5.08. The smallest absolute Gasteiger partial charge is 0.227 e. The topological polar surface area (TPSA) is 72.1 Å². The molecule has 1 aliphatic carbocycles. The van der Waals surface area contributed by atoms with Gasteiger partial charge in [0.05, 0.1) is 0 Å². The van der Waals surface area contributed by atoms with Gasteiger partial charge in [0.15, 0.2) is 0 Å². The highest BCUT2D eigenvalue weighted by atomic mass is 16.5. The van der Waals surface area contributed by atoms with E-state index in [-0.39, 0.29) is 5.91 Å². The number of carbonyl (C=O) groups is 1. The third-order valence-electron chi connectivity index (χ3n) is 5.53. The predicted molar refractivity (Wildman–Crippen MR) is 110 cm³/mol. The summed E-state index contributed by atoms with van der Waals surface area (Å²) in [4.78, 5) is 23.5. The molecule has 1 amide bonds. The molecule has 0 atom stereocenters. The number of rotatable bonds is 8. The van der Waals surface area contributed by atoms with Crippen molar-refractivity contribution in [2.24, 2.45) is 0 Å². The zero-order chi connectivity index (χ0) is 19.9. The minimum absolute atomic E-state index is 0.177. The molecule has 3 aromatic rings. The summed E-state index contributed by atoms with van der Waals surface area (Å²) in [5, 5.41) is 4.02. The van der Waals surface area contributed by atoms with Crippen molar-refractivity contribution in [2.75, 3.05) is 6.54 Å². The Morgan fingerprint density at radius 1 is 1.03 bits per heavy atom. The first kappa shape index (κ1) is 19.3. The zero-order valence-corrected chi connectivity index (χ0v) is 16.5. The molecule has 4 rings (SSSR count). The van der Waals surface area contributed by atoms with Gasteiger partial charge in [-0.1, -0.05) is 48.3 Å². The first-order valence-electron chi connectivity index (χ1n) is 10.4. The van der Waals surface area contributed by atoms with Gasteiger partial charge in [-0.15, -0.1) is 0 Å². The lowest BCUT2D eigenvalue weighted by Gasteiger charge is -2.29. The van der Waals surface area contributed by atoms with Crippen molar-refractivity contribution in [3.63, 3.8) is 0 Å². The molecule has 0 radical (unpaired) electrons. The molecule has 2 aromatic heterocycles. The van der Waals surface area contributed by atoms with E-state index in [1.54, 1.807) is 12.4 Å². The number of aryl methyl sites for hydroxylation is 1. The molecule has 6 heteroatoms. The third-order valence-corrected chi connectivity index (χ3v) is 5.53. The van der Waals surface area contributed by atoms with Gasteiger partial charge in [-0.05, 0) is 37.0 Å². The van der Waals surface area contributed by atoms with E-state index in [2.05, 4.69) is 32.2 Å². The van der Waals surface area contributed by atoms with E-state index in [1.807, 2.05) is 30.3 Å². The van der Waals surface area contributed by atoms with Crippen molar-refractivity contribution in [1.82, 2.24) is 20.0 Å². The molecule has 1 fully saturated rings. The highest BCUT2D eigenvalue weighted by Gasteiger charge is 2.26. The van der Waals surface area contributed by atoms with Crippen LogP contribution in [0.4, 0.5) is 0 Å². The molecule has 2 heterocycles. The number of benzene rings is 1. The Bertz CT molecular complexity index is 905. The van der Waals surface area contributed by atoms with E-state index in [4.69, 9.17) is 4.52 Å². The van der Waals surface area contributed by atoms with E-state index in [0.29, 0.717) is 30.6 Å². The molecule has 6 nitrogen and oxygen atoms in total. The Kier molecular flexibility index (Phi) is 6.29. The van der Waals surface area contributed by atoms with Crippen LogP contribution in [0.15, 0.2) is 59.4 Å². The van der Waals surface area contributed by atoms with Crippen molar-refractivity contribution in [3.8, 4) is 11.4 Å². The van der Waals surface area contributed by atoms with Crippen molar-refractivity contribution < 1.29 is 9.32 Å². The van der Waals surface area contributed by atoms with E-state index >= 15 is 0 Å². The van der Waals surface area contributed by atoms with Crippen molar-refractivity contribution >= 4 is 5.91 Å². The molecule has 0 aliphatic heterocycles. The van der Waals surface area contributed by atoms with Crippen molar-refractivity contribution in [3.05, 3.63) is 66.3 Å². The van der Waals surface area contributed by atoms with Gasteiger partial charge in [-0.3, -0.25) is 9.78 Å². The maximum Gasteiger partial charge on any atom is 0.227 e. The Hall–Kier alpha value is -3.02. The Morgan fingerprint density at radius 2 is 1.79 bits per heavy atom. The molecule has 0 unspecified atom stereocenters. The Balaban J connectivity index is 1.37. The summed E-state index contributed by atoms with van der Waals surface area (Å²) in [6, 6.07) is 14.4. The average Bonchev–Trinajstić information content (AvgIpc) is 3.46. The van der Waals surface area contributed by atoms with Gasteiger partial charge >= 0.3 is 0 Å². The van der Waals surface area contributed by atoms with Crippen molar-refractivity contribution in [2.45, 2.75) is 51.0 Å². The maximum absolute atomic E-state index is 13.0. The first-order chi connectivity index (χ1) is 14.3. The second-order valence-corrected chi connectivity index (χ2v) is 7.51. The van der Waals surface area contributed by atoms with Crippen LogP contribution in [-0.4, -0.2) is 38.5 Å². The lowest BCUT2D eigenvalue weighted by atomic mass is 10.1. The van der Waals surface area contributed by atoms with Crippen LogP contribution >= 0.6 is 0 Å². The Labute approximate surface area is 171 Å². The number of nitrogens with zero attached hydrogens (tertiary/aromatic N) is 4. The van der Waals surface area contributed by atoms with Gasteiger partial charge in [0.1, 0.15) is 0 Å². The highest BCUT2D eigenvalue weighted by Crippen LogP contribution is 2.25. The van der Waals surface area contributed by atoms with Gasteiger partial charge in [0.2, 0.25) is 17.6 Å². The summed E-state index contributed by atoms with van der Waals surface area (Å²) in [5.41, 5.74) is 2.12. The number of hydrogen-bond acceptors (Lipinski definition) is 5. The summed E-state index contributed by atoms with van der Waals surface area (Å²) in [7, 11) is 0. The molecule has 1 saturated carbocycles. The first-order valence-corrected chi connectivity index (χ1v) is 10.4. The van der Waals surface area contributed by atoms with Crippen LogP contribution < -0.4 is 0 Å². The SMILES string of the molecule is O=C(CCc1nc(-c2ccncc2)no1)N(CCc1ccccc1)C1CCCC1. The lowest BCUT2D eigenvalue weighted by Crippen LogP contribution is -2.40. The fourth-order valence-corrected chi connectivity index (χ4v) is 3.95. The van der Waals surface area contributed by atoms with Gasteiger partial charge < -0.3 is 9.42 Å². The molecule has 1 aliphatic rings. The van der Waals surface area contributed by atoms with Crippen LogP contribution in [0.5, 0.6) is 0 Å². The van der Waals surface area contributed by atoms with Crippen LogP contribution in [0, 0.1) is 0 Å². The number of amides is 1. The quantitative estimate of drug-likeness (QED) is 0.579. The second kappa shape index (κ2) is 9.45. The van der Waals surface area contributed by atoms with Crippen LogP contribution in [0.1, 0.15) is 43.6 Å². The summed E-state index contributed by atoms with van der Waals surface area (Å²) >= 11 is 0. The number of aromatic nitrogens is 3. The molecule has 0 spiro atoms. The van der Waals surface area contributed by atoms with Crippen molar-refractivity contribution in [1.29, 1.82) is 0 Å². The second-order valence-electron chi connectivity index (χ2n) is 7.51. The van der Waals surface area contributed by atoms with E-state index in [1.165, 1.54) is 18.4 Å². The fourth-order valence-electron chi connectivity index (χ4n) is 3.95. The molecule has 0 bridgehead atoms. The van der Waals surface area contributed by atoms with Crippen LogP contribution in [0.3, 0.4) is 0 Å². The summed E-state index contributed by atoms with van der Waals surface area (Å²) in [6.45, 7) is 0.764. The van der Waals surface area contributed by atoms with E-state index in [9.17, 15) is 4.79 Å². The molecule has 29 heavy (non-hydrogen) atoms. The van der Waals surface area contributed by atoms with Gasteiger partial charge in [-0.2, -0.15) is 4.98 Å². The number of hydrogen-bond donors (Lipinski definition) is 0. The normalized spacial score (nSPS) is 14.2. The molecule has 0 saturated heterocycles. The van der Waals surface area contributed by atoms with Gasteiger partial charge in [0, 0.05) is 43.4 Å². The molecule has 150 valence electrons. The van der Waals surface area contributed by atoms with Crippen LogP contribution in [0.2, 0.25) is 0 Å². The molecule has 0 N–H and O–H groups in total. The summed E-state index contributed by atoms with van der Waals surface area (Å²) in [5.74, 6) is 1.21. The molecular formula is C23H26N4O2. The molecular weight excluding hydrogens is 364 g/mol. The van der Waals surface area contributed by atoms with Gasteiger partial charge in [-0.25, -0.2) is 0 Å². The van der Waals surface area contributed by atoms with Crippen LogP contribution in [0.25, 0.3) is 11.4 Å². The summed E-state index contributed by atoms with van der Waals surface area (Å²) in [6.07, 6.45) is 9.75. The standard InChI is InChI=1S/C23H26N4O2/c28-22(11-10-21-25-23(26-29-21)19-12-15-24-16-13-19)27(20-8-4-5-9-20)17-14-18-6-2-1-3-7-18/h1-3,6-7,12-13,15-16,20H,4-5,8-11,14,17H2. The lowest BCUT2D eigenvalue weighted by molar-refractivity contribution is -0.133. The van der Waals surface area contributed by atoms with E-state index in [0.717, 1.165) is 31.4 Å². The zero-order valence-electron chi connectivity index (χ0n) is 16.5. The minimum Gasteiger partial charge on any atom is -0.339 e. The molecule has 1 aromatic carbocycles. The van der Waals surface area contributed by atoms with E-state index < -0.39 is 0 Å². The minimum atomic E-state index is 0.177. The monoisotopic (exact) mass is 390 g/mol. The predicted octanol–water partition coefficient (Wildman–Crippen LogP) is 4.08. The number of carbonyl (C=O) groups excluding carboxylic acids is 1. The largest absolute Gasteiger partial charge is 0.339 e. The van der Waals surface area contributed by atoms with Crippen LogP contribution in [-0.2, 0) is 17.6 Å². The number of pyridine rings is 1. The maximum atomic E-state index is 13.0. The highest BCUT2D eigenvalue weighted by molar-refractivity contribution is 5.76. The fraction of sp³-hybridized carbons (Fsp3) is 0.391. The Morgan fingerprint density at radius 3 is 2.55 bits per heavy atom. The summed E-state index contributed by atoms with van der Waals surface area (Å²) < 4.78 is 5.35.